The van der Waals surface area contributed by atoms with E-state index in [1.54, 1.807) is 48.5 Å². The lowest BCUT2D eigenvalue weighted by Crippen LogP contribution is -2.42. The Bertz CT molecular complexity index is 1540. The second-order valence-corrected chi connectivity index (χ2v) is 10.6. The molecular weight excluding hydrogens is 560 g/mol. The lowest BCUT2D eigenvalue weighted by Gasteiger charge is -2.23. The van der Waals surface area contributed by atoms with Gasteiger partial charge in [-0.1, -0.05) is 35.9 Å². The molecule has 0 saturated carbocycles. The van der Waals surface area contributed by atoms with Gasteiger partial charge in [0.2, 0.25) is 5.91 Å². The highest BCUT2D eigenvalue weighted by atomic mass is 16.5. The summed E-state index contributed by atoms with van der Waals surface area (Å²) in [6.45, 7) is 9.58. The number of allylic oxidation sites excluding steroid dienone is 1. The standard InChI is InChI=1S/C34H40N4O6/c1-22(2)13-14-38(32(40)20-35-34(42)36-27-10-7-9-26(17-27)18-33(41)43-6)28-11-8-12-29(19-28)44-21-31(39)37-30-16-23(3)15-24(4)25(30)5/h7-13,15-17,19H,14,18,20-21H2,1-6H3,(H,37,39)(H2,35,36,42). The third kappa shape index (κ3) is 10.3. The molecule has 10 nitrogen and oxygen atoms in total. The Morgan fingerprint density at radius 3 is 2.39 bits per heavy atom. The Morgan fingerprint density at radius 1 is 0.909 bits per heavy atom. The smallest absolute Gasteiger partial charge is 0.319 e. The molecule has 0 spiro atoms. The highest BCUT2D eigenvalue weighted by Crippen LogP contribution is 2.23. The molecular formula is C34H40N4O6. The molecule has 44 heavy (non-hydrogen) atoms. The van der Waals surface area contributed by atoms with E-state index in [0.717, 1.165) is 28.0 Å². The van der Waals surface area contributed by atoms with Crippen LogP contribution in [-0.4, -0.2) is 50.6 Å². The topological polar surface area (TPSA) is 126 Å². The minimum atomic E-state index is -0.571. The lowest BCUT2D eigenvalue weighted by atomic mass is 10.0. The number of amides is 4. The van der Waals surface area contributed by atoms with E-state index >= 15 is 0 Å². The second-order valence-electron chi connectivity index (χ2n) is 10.6. The summed E-state index contributed by atoms with van der Waals surface area (Å²) in [7, 11) is 1.31. The molecule has 0 aromatic heterocycles. The molecule has 4 amide bonds. The van der Waals surface area contributed by atoms with Gasteiger partial charge in [0.05, 0.1) is 20.1 Å². The Balaban J connectivity index is 1.63. The Labute approximate surface area is 258 Å². The minimum absolute atomic E-state index is 0.0744. The van der Waals surface area contributed by atoms with Gasteiger partial charge < -0.3 is 30.3 Å². The van der Waals surface area contributed by atoms with Gasteiger partial charge in [-0.05, 0) is 87.2 Å². The van der Waals surface area contributed by atoms with Gasteiger partial charge in [-0.2, -0.15) is 0 Å². The van der Waals surface area contributed by atoms with Crippen molar-refractivity contribution in [2.75, 3.05) is 42.3 Å². The van der Waals surface area contributed by atoms with Crippen LogP contribution in [0.1, 0.15) is 36.1 Å². The molecule has 3 rings (SSSR count). The van der Waals surface area contributed by atoms with E-state index in [1.165, 1.54) is 12.0 Å². The number of nitrogens with one attached hydrogen (secondary N) is 3. The number of anilines is 3. The van der Waals surface area contributed by atoms with Gasteiger partial charge in [-0.15, -0.1) is 0 Å². The summed E-state index contributed by atoms with van der Waals surface area (Å²) in [5, 5.41) is 8.18. The zero-order valence-electron chi connectivity index (χ0n) is 26.1. The summed E-state index contributed by atoms with van der Waals surface area (Å²) in [5.74, 6) is -0.620. The Hall–Kier alpha value is -5.12. The summed E-state index contributed by atoms with van der Waals surface area (Å²) in [6, 6.07) is 17.1. The number of nitrogens with zero attached hydrogens (tertiary/aromatic N) is 1. The van der Waals surface area contributed by atoms with Gasteiger partial charge in [0.1, 0.15) is 5.75 Å². The number of rotatable bonds is 12. The van der Waals surface area contributed by atoms with Crippen molar-refractivity contribution in [3.63, 3.8) is 0 Å². The van der Waals surface area contributed by atoms with Crippen LogP contribution in [0.25, 0.3) is 0 Å². The zero-order chi connectivity index (χ0) is 32.2. The van der Waals surface area contributed by atoms with Crippen LogP contribution >= 0.6 is 0 Å². The average Bonchev–Trinajstić information content (AvgIpc) is 2.98. The maximum Gasteiger partial charge on any atom is 0.319 e. The normalized spacial score (nSPS) is 10.3. The van der Waals surface area contributed by atoms with E-state index in [4.69, 9.17) is 4.74 Å². The second kappa shape index (κ2) is 15.9. The third-order valence-corrected chi connectivity index (χ3v) is 6.73. The summed E-state index contributed by atoms with van der Waals surface area (Å²) in [6.07, 6.45) is 1.98. The number of carbonyl (C=O) groups excluding carboxylic acids is 4. The number of aryl methyl sites for hydroxylation is 2. The zero-order valence-corrected chi connectivity index (χ0v) is 26.1. The van der Waals surface area contributed by atoms with Gasteiger partial charge in [0, 0.05) is 29.7 Å². The van der Waals surface area contributed by atoms with E-state index in [0.29, 0.717) is 22.7 Å². The number of hydrogen-bond donors (Lipinski definition) is 3. The number of benzene rings is 3. The fourth-order valence-electron chi connectivity index (χ4n) is 4.30. The molecule has 0 saturated heterocycles. The molecule has 0 aliphatic heterocycles. The number of methoxy groups -OCH3 is 1. The average molecular weight is 601 g/mol. The monoisotopic (exact) mass is 600 g/mol. The predicted octanol–water partition coefficient (Wildman–Crippen LogP) is 5.47. The van der Waals surface area contributed by atoms with Crippen LogP contribution < -0.4 is 25.6 Å². The molecule has 10 heteroatoms. The number of esters is 1. The van der Waals surface area contributed by atoms with Crippen LogP contribution in [0.4, 0.5) is 21.9 Å². The predicted molar refractivity (Wildman–Crippen MR) is 172 cm³/mol. The highest BCUT2D eigenvalue weighted by molar-refractivity contribution is 5.99. The lowest BCUT2D eigenvalue weighted by molar-refractivity contribution is -0.139. The minimum Gasteiger partial charge on any atom is -0.484 e. The molecule has 0 fully saturated rings. The van der Waals surface area contributed by atoms with E-state index in [-0.39, 0.29) is 43.9 Å². The molecule has 0 atom stereocenters. The number of ether oxygens (including phenoxy) is 2. The van der Waals surface area contributed by atoms with Gasteiger partial charge in [0.15, 0.2) is 6.61 Å². The van der Waals surface area contributed by atoms with Crippen LogP contribution in [0.2, 0.25) is 0 Å². The van der Waals surface area contributed by atoms with Crippen molar-refractivity contribution >= 4 is 40.9 Å². The molecule has 0 unspecified atom stereocenters. The Morgan fingerprint density at radius 2 is 1.66 bits per heavy atom. The van der Waals surface area contributed by atoms with Crippen LogP contribution in [0, 0.1) is 20.8 Å². The van der Waals surface area contributed by atoms with Crippen molar-refractivity contribution in [2.45, 2.75) is 41.0 Å². The molecule has 3 N–H and O–H groups in total. The first-order chi connectivity index (χ1) is 20.9. The van der Waals surface area contributed by atoms with Gasteiger partial charge >= 0.3 is 12.0 Å². The summed E-state index contributed by atoms with van der Waals surface area (Å²) in [5.41, 5.74) is 6.60. The van der Waals surface area contributed by atoms with Crippen LogP contribution in [-0.2, 0) is 25.5 Å². The number of carbonyl (C=O) groups is 4. The van der Waals surface area contributed by atoms with Crippen molar-refractivity contribution < 1.29 is 28.7 Å². The number of hydrogen-bond acceptors (Lipinski definition) is 6. The van der Waals surface area contributed by atoms with Crippen molar-refractivity contribution in [1.29, 1.82) is 0 Å². The fraction of sp³-hybridized carbons (Fsp3) is 0.294. The number of urea groups is 1. The van der Waals surface area contributed by atoms with E-state index in [2.05, 4.69) is 26.8 Å². The van der Waals surface area contributed by atoms with Crippen molar-refractivity contribution in [3.8, 4) is 5.75 Å². The van der Waals surface area contributed by atoms with Crippen molar-refractivity contribution in [2.24, 2.45) is 0 Å². The molecule has 0 bridgehead atoms. The van der Waals surface area contributed by atoms with E-state index < -0.39 is 6.03 Å². The van der Waals surface area contributed by atoms with Gasteiger partial charge in [0.25, 0.3) is 5.91 Å². The molecule has 3 aromatic rings. The van der Waals surface area contributed by atoms with Crippen LogP contribution in [0.5, 0.6) is 5.75 Å². The quantitative estimate of drug-likeness (QED) is 0.187. The third-order valence-electron chi connectivity index (χ3n) is 6.73. The summed E-state index contributed by atoms with van der Waals surface area (Å²) >= 11 is 0. The largest absolute Gasteiger partial charge is 0.484 e. The first-order valence-electron chi connectivity index (χ1n) is 14.2. The summed E-state index contributed by atoms with van der Waals surface area (Å²) < 4.78 is 10.5. The fourth-order valence-corrected chi connectivity index (χ4v) is 4.30. The molecule has 0 radical (unpaired) electrons. The van der Waals surface area contributed by atoms with E-state index in [1.807, 2.05) is 46.8 Å². The first kappa shape index (κ1) is 33.4. The maximum absolute atomic E-state index is 13.3. The van der Waals surface area contributed by atoms with E-state index in [9.17, 15) is 19.2 Å². The van der Waals surface area contributed by atoms with Crippen molar-refractivity contribution in [3.05, 3.63) is 94.6 Å². The highest BCUT2D eigenvalue weighted by Gasteiger charge is 2.17. The SMILES string of the molecule is COC(=O)Cc1cccc(NC(=O)NCC(=O)N(CC=C(C)C)c2cccc(OCC(=O)Nc3cc(C)cc(C)c3C)c2)c1. The summed E-state index contributed by atoms with van der Waals surface area (Å²) in [4.78, 5) is 51.6. The molecule has 0 heterocycles. The maximum atomic E-state index is 13.3. The van der Waals surface area contributed by atoms with Crippen LogP contribution in [0.3, 0.4) is 0 Å². The molecule has 232 valence electrons. The molecule has 0 aliphatic rings. The molecule has 0 aliphatic carbocycles. The van der Waals surface area contributed by atoms with Crippen molar-refractivity contribution in [1.82, 2.24) is 5.32 Å². The Kier molecular flexibility index (Phi) is 12.1. The first-order valence-corrected chi connectivity index (χ1v) is 14.2. The van der Waals surface area contributed by atoms with Gasteiger partial charge in [-0.3, -0.25) is 14.4 Å². The van der Waals surface area contributed by atoms with Crippen LogP contribution in [0.15, 0.2) is 72.3 Å². The van der Waals surface area contributed by atoms with Gasteiger partial charge in [-0.25, -0.2) is 4.79 Å². The molecule has 3 aromatic carbocycles.